The zero-order chi connectivity index (χ0) is 13.6. The molecule has 0 aliphatic heterocycles. The second-order valence-corrected chi connectivity index (χ2v) is 7.33. The molecule has 1 unspecified atom stereocenters. The van der Waals surface area contributed by atoms with Crippen molar-refractivity contribution in [2.45, 2.75) is 50.4 Å². The van der Waals surface area contributed by atoms with Gasteiger partial charge in [0, 0.05) is 10.0 Å². The van der Waals surface area contributed by atoms with Crippen LogP contribution in [0, 0.1) is 0 Å². The number of alkyl halides is 1. The van der Waals surface area contributed by atoms with E-state index in [4.69, 9.17) is 16.6 Å². The second-order valence-electron chi connectivity index (χ2n) is 5.76. The van der Waals surface area contributed by atoms with E-state index in [0.29, 0.717) is 0 Å². The molecule has 1 aliphatic carbocycles. The van der Waals surface area contributed by atoms with E-state index in [1.165, 1.54) is 31.2 Å². The maximum absolute atomic E-state index is 6.36. The SMILES string of the molecule is CC(Cl)c1nc2cc(Br)ccc2n1C1(C)CCCC1. The third kappa shape index (κ3) is 2.21. The molecule has 2 nitrogen and oxygen atoms in total. The standard InChI is InChI=1S/C15H18BrClN2/c1-10(17)14-18-12-9-11(16)5-6-13(12)19(14)15(2)7-3-4-8-15/h5-6,9-10H,3-4,7-8H2,1-2H3. The molecule has 0 amide bonds. The highest BCUT2D eigenvalue weighted by Crippen LogP contribution is 2.41. The van der Waals surface area contributed by atoms with Crippen molar-refractivity contribution in [3.8, 4) is 0 Å². The van der Waals surface area contributed by atoms with Crippen LogP contribution in [0.15, 0.2) is 22.7 Å². The maximum Gasteiger partial charge on any atom is 0.128 e. The maximum atomic E-state index is 6.36. The molecule has 2 aromatic rings. The summed E-state index contributed by atoms with van der Waals surface area (Å²) >= 11 is 9.88. The number of aromatic nitrogens is 2. The van der Waals surface area contributed by atoms with Crippen LogP contribution >= 0.6 is 27.5 Å². The molecule has 1 heterocycles. The van der Waals surface area contributed by atoms with Crippen molar-refractivity contribution in [1.29, 1.82) is 0 Å². The lowest BCUT2D eigenvalue weighted by molar-refractivity contribution is 0.328. The highest BCUT2D eigenvalue weighted by Gasteiger charge is 2.34. The van der Waals surface area contributed by atoms with Crippen molar-refractivity contribution in [2.75, 3.05) is 0 Å². The van der Waals surface area contributed by atoms with Crippen molar-refractivity contribution >= 4 is 38.6 Å². The van der Waals surface area contributed by atoms with E-state index in [2.05, 4.69) is 45.6 Å². The van der Waals surface area contributed by atoms with Crippen LogP contribution in [0.4, 0.5) is 0 Å². The molecule has 19 heavy (non-hydrogen) atoms. The van der Waals surface area contributed by atoms with Crippen molar-refractivity contribution in [2.24, 2.45) is 0 Å². The van der Waals surface area contributed by atoms with Gasteiger partial charge in [0.15, 0.2) is 0 Å². The molecule has 0 bridgehead atoms. The second kappa shape index (κ2) is 4.78. The Hall–Kier alpha value is -0.540. The molecule has 1 saturated carbocycles. The van der Waals surface area contributed by atoms with E-state index in [-0.39, 0.29) is 10.9 Å². The number of benzene rings is 1. The third-order valence-corrected chi connectivity index (χ3v) is 4.91. The lowest BCUT2D eigenvalue weighted by atomic mass is 9.99. The first kappa shape index (κ1) is 13.4. The van der Waals surface area contributed by atoms with Crippen LogP contribution in [0.3, 0.4) is 0 Å². The number of halogens is 2. The number of imidazole rings is 1. The van der Waals surface area contributed by atoms with Crippen molar-refractivity contribution in [3.63, 3.8) is 0 Å². The number of rotatable bonds is 2. The van der Waals surface area contributed by atoms with Crippen LogP contribution < -0.4 is 0 Å². The summed E-state index contributed by atoms with van der Waals surface area (Å²) in [5.74, 6) is 0.999. The molecule has 1 atom stereocenters. The monoisotopic (exact) mass is 340 g/mol. The van der Waals surface area contributed by atoms with Crippen molar-refractivity contribution < 1.29 is 0 Å². The molecule has 1 aromatic heterocycles. The van der Waals surface area contributed by atoms with Gasteiger partial charge in [0.2, 0.25) is 0 Å². The van der Waals surface area contributed by atoms with Gasteiger partial charge in [-0.05, 0) is 44.9 Å². The van der Waals surface area contributed by atoms with Crippen molar-refractivity contribution in [3.05, 3.63) is 28.5 Å². The van der Waals surface area contributed by atoms with Gasteiger partial charge in [-0.15, -0.1) is 11.6 Å². The molecular weight excluding hydrogens is 324 g/mol. The van der Waals surface area contributed by atoms with E-state index in [9.17, 15) is 0 Å². The fourth-order valence-electron chi connectivity index (χ4n) is 3.27. The van der Waals surface area contributed by atoms with Crippen LogP contribution in [0.2, 0.25) is 0 Å². The number of fused-ring (bicyclic) bond motifs is 1. The summed E-state index contributed by atoms with van der Waals surface area (Å²) in [4.78, 5) is 4.76. The minimum absolute atomic E-state index is 0.0661. The van der Waals surface area contributed by atoms with Gasteiger partial charge in [-0.1, -0.05) is 28.8 Å². The van der Waals surface area contributed by atoms with Gasteiger partial charge in [0.25, 0.3) is 0 Å². The Morgan fingerprint density at radius 1 is 1.37 bits per heavy atom. The first-order chi connectivity index (χ1) is 9.01. The Morgan fingerprint density at radius 2 is 2.05 bits per heavy atom. The lowest BCUT2D eigenvalue weighted by Gasteiger charge is -2.29. The van der Waals surface area contributed by atoms with Gasteiger partial charge in [-0.3, -0.25) is 0 Å². The van der Waals surface area contributed by atoms with Crippen LogP contribution in [0.1, 0.15) is 50.7 Å². The first-order valence-corrected chi connectivity index (χ1v) is 8.07. The minimum Gasteiger partial charge on any atom is -0.321 e. The summed E-state index contributed by atoms with van der Waals surface area (Å²) in [5, 5.41) is -0.0661. The van der Waals surface area contributed by atoms with E-state index in [1.807, 2.05) is 6.92 Å². The van der Waals surface area contributed by atoms with Gasteiger partial charge < -0.3 is 4.57 Å². The Labute approximate surface area is 127 Å². The quantitative estimate of drug-likeness (QED) is 0.670. The summed E-state index contributed by atoms with van der Waals surface area (Å²) in [6, 6.07) is 6.31. The van der Waals surface area contributed by atoms with E-state index >= 15 is 0 Å². The molecule has 1 aliphatic rings. The molecule has 1 fully saturated rings. The Morgan fingerprint density at radius 3 is 2.68 bits per heavy atom. The molecule has 0 saturated heterocycles. The fraction of sp³-hybridized carbons (Fsp3) is 0.533. The summed E-state index contributed by atoms with van der Waals surface area (Å²) in [5.41, 5.74) is 2.40. The largest absolute Gasteiger partial charge is 0.321 e. The smallest absolute Gasteiger partial charge is 0.128 e. The number of hydrogen-bond acceptors (Lipinski definition) is 1. The molecule has 1 aromatic carbocycles. The van der Waals surface area contributed by atoms with Crippen molar-refractivity contribution in [1.82, 2.24) is 9.55 Å². The van der Waals surface area contributed by atoms with Gasteiger partial charge in [0.1, 0.15) is 5.82 Å². The average molecular weight is 342 g/mol. The van der Waals surface area contributed by atoms with Gasteiger partial charge in [-0.2, -0.15) is 0 Å². The van der Waals surface area contributed by atoms with Crippen LogP contribution in [-0.2, 0) is 5.54 Å². The summed E-state index contributed by atoms with van der Waals surface area (Å²) < 4.78 is 3.45. The Kier molecular flexibility index (Phi) is 3.38. The fourth-order valence-corrected chi connectivity index (χ4v) is 3.76. The molecule has 3 rings (SSSR count). The predicted molar refractivity (Wildman–Crippen MR) is 83.8 cm³/mol. The Balaban J connectivity index is 2.28. The number of hydrogen-bond donors (Lipinski definition) is 0. The highest BCUT2D eigenvalue weighted by molar-refractivity contribution is 9.10. The first-order valence-electron chi connectivity index (χ1n) is 6.84. The number of nitrogens with zero attached hydrogens (tertiary/aromatic N) is 2. The topological polar surface area (TPSA) is 17.8 Å². The normalized spacial score (nSPS) is 20.0. The summed E-state index contributed by atoms with van der Waals surface area (Å²) in [6.45, 7) is 4.35. The molecule has 4 heteroatoms. The van der Waals surface area contributed by atoms with Gasteiger partial charge in [-0.25, -0.2) is 4.98 Å². The Bertz CT molecular complexity index is 612. The van der Waals surface area contributed by atoms with Gasteiger partial charge in [0.05, 0.1) is 16.4 Å². The molecule has 0 radical (unpaired) electrons. The zero-order valence-electron chi connectivity index (χ0n) is 11.3. The van der Waals surface area contributed by atoms with Crippen LogP contribution in [0.5, 0.6) is 0 Å². The molecular formula is C15H18BrClN2. The minimum atomic E-state index is -0.0661. The van der Waals surface area contributed by atoms with E-state index in [0.717, 1.165) is 15.8 Å². The summed E-state index contributed by atoms with van der Waals surface area (Å²) in [7, 11) is 0. The zero-order valence-corrected chi connectivity index (χ0v) is 13.6. The summed E-state index contributed by atoms with van der Waals surface area (Å²) in [6.07, 6.45) is 5.02. The van der Waals surface area contributed by atoms with Crippen LogP contribution in [0.25, 0.3) is 11.0 Å². The molecule has 102 valence electrons. The molecule has 0 spiro atoms. The van der Waals surface area contributed by atoms with Gasteiger partial charge >= 0.3 is 0 Å². The molecule has 0 N–H and O–H groups in total. The highest BCUT2D eigenvalue weighted by atomic mass is 79.9. The van der Waals surface area contributed by atoms with E-state index < -0.39 is 0 Å². The lowest BCUT2D eigenvalue weighted by Crippen LogP contribution is -2.28. The average Bonchev–Trinajstić information content (AvgIpc) is 2.93. The predicted octanol–water partition coefficient (Wildman–Crippen LogP) is 5.39. The van der Waals surface area contributed by atoms with E-state index in [1.54, 1.807) is 0 Å². The third-order valence-electron chi connectivity index (χ3n) is 4.22. The van der Waals surface area contributed by atoms with Crippen LogP contribution in [-0.4, -0.2) is 9.55 Å².